The van der Waals surface area contributed by atoms with Crippen molar-refractivity contribution in [2.45, 2.75) is 57.9 Å². The Hall–Kier alpha value is -3.61. The van der Waals surface area contributed by atoms with Gasteiger partial charge < -0.3 is 19.9 Å². The van der Waals surface area contributed by atoms with Crippen LogP contribution in [0.15, 0.2) is 29.1 Å². The molecule has 1 aliphatic carbocycles. The van der Waals surface area contributed by atoms with Gasteiger partial charge in [0.05, 0.1) is 11.1 Å². The third-order valence-corrected chi connectivity index (χ3v) is 7.91. The number of hydrogen-bond donors (Lipinski definition) is 3. The first kappa shape index (κ1) is 21.9. The van der Waals surface area contributed by atoms with Gasteiger partial charge in [-0.1, -0.05) is 6.92 Å². The quantitative estimate of drug-likeness (QED) is 0.346. The van der Waals surface area contributed by atoms with Gasteiger partial charge in [0.2, 0.25) is 0 Å². The molecule has 2 aliphatic rings. The molecule has 4 aromatic rings. The summed E-state index contributed by atoms with van der Waals surface area (Å²) >= 11 is 0. The van der Waals surface area contributed by atoms with Gasteiger partial charge in [-0.25, -0.2) is 8.78 Å². The number of aryl methyl sites for hydroxylation is 2. The second-order valence-electron chi connectivity index (χ2n) is 10.0. The van der Waals surface area contributed by atoms with Crippen molar-refractivity contribution < 1.29 is 24.1 Å². The van der Waals surface area contributed by atoms with Gasteiger partial charge in [0.15, 0.2) is 0 Å². The minimum atomic E-state index is -0.508. The molecule has 2 heterocycles. The molecule has 3 aromatic carbocycles. The Morgan fingerprint density at radius 2 is 1.49 bits per heavy atom. The molecule has 35 heavy (non-hydrogen) atoms. The zero-order valence-corrected chi connectivity index (χ0v) is 19.5. The first-order valence-electron chi connectivity index (χ1n) is 11.9. The summed E-state index contributed by atoms with van der Waals surface area (Å²) in [6, 6.07) is 5.09. The van der Waals surface area contributed by atoms with E-state index < -0.39 is 17.2 Å². The van der Waals surface area contributed by atoms with Crippen LogP contribution in [0.3, 0.4) is 0 Å². The van der Waals surface area contributed by atoms with E-state index in [2.05, 4.69) is 0 Å². The molecule has 0 spiro atoms. The van der Waals surface area contributed by atoms with Crippen molar-refractivity contribution >= 4 is 21.7 Å². The smallest absolute Gasteiger partial charge is 0.258 e. The third kappa shape index (κ3) is 3.00. The van der Waals surface area contributed by atoms with Gasteiger partial charge in [-0.2, -0.15) is 0 Å². The number of nitrogens with zero attached hydrogens (tertiary/aromatic N) is 1. The SMILES string of the molecule is C[C@@H]1CCc2cc(F)cc3c(O)c(Cc4c(O)c5cc(F)cc6c5n(c4=O)[C@@H](C)CC6)c(O)c1c23. The Balaban J connectivity index is 1.66. The minimum absolute atomic E-state index is 0.0416. The van der Waals surface area contributed by atoms with Crippen molar-refractivity contribution in [1.29, 1.82) is 0 Å². The summed E-state index contributed by atoms with van der Waals surface area (Å²) in [6.07, 6.45) is 2.29. The monoisotopic (exact) mass is 477 g/mol. The number of aromatic nitrogens is 1. The van der Waals surface area contributed by atoms with E-state index in [1.165, 1.54) is 24.3 Å². The van der Waals surface area contributed by atoms with Crippen LogP contribution in [-0.2, 0) is 19.3 Å². The van der Waals surface area contributed by atoms with Gasteiger partial charge in [-0.15, -0.1) is 0 Å². The Labute approximate surface area is 199 Å². The minimum Gasteiger partial charge on any atom is -0.507 e. The Morgan fingerprint density at radius 3 is 2.23 bits per heavy atom. The maximum atomic E-state index is 14.4. The van der Waals surface area contributed by atoms with Crippen LogP contribution in [0.1, 0.15) is 66.5 Å². The van der Waals surface area contributed by atoms with Crippen LogP contribution >= 0.6 is 0 Å². The summed E-state index contributed by atoms with van der Waals surface area (Å²) in [7, 11) is 0. The fraction of sp³-hybridized carbons (Fsp3) is 0.321. The molecular formula is C28H25F2NO4. The Morgan fingerprint density at radius 1 is 0.857 bits per heavy atom. The van der Waals surface area contributed by atoms with Gasteiger partial charge in [0.25, 0.3) is 5.56 Å². The zero-order valence-electron chi connectivity index (χ0n) is 19.5. The number of benzene rings is 3. The molecule has 2 atom stereocenters. The van der Waals surface area contributed by atoms with E-state index in [0.717, 1.165) is 5.56 Å². The molecule has 7 heteroatoms. The van der Waals surface area contributed by atoms with Crippen LogP contribution in [-0.4, -0.2) is 19.9 Å². The average Bonchev–Trinajstić information content (AvgIpc) is 2.81. The van der Waals surface area contributed by atoms with Crippen molar-refractivity contribution in [3.63, 3.8) is 0 Å². The van der Waals surface area contributed by atoms with Crippen LogP contribution < -0.4 is 5.56 Å². The number of phenolic OH excluding ortho intramolecular Hbond substituents is 2. The maximum absolute atomic E-state index is 14.4. The first-order valence-corrected chi connectivity index (χ1v) is 11.9. The highest BCUT2D eigenvalue weighted by molar-refractivity contribution is 5.98. The predicted molar refractivity (Wildman–Crippen MR) is 130 cm³/mol. The second kappa shape index (κ2) is 7.44. The van der Waals surface area contributed by atoms with E-state index in [4.69, 9.17) is 0 Å². The third-order valence-electron chi connectivity index (χ3n) is 7.91. The molecule has 0 fully saturated rings. The molecule has 1 aromatic heterocycles. The molecule has 0 radical (unpaired) electrons. The lowest BCUT2D eigenvalue weighted by molar-refractivity contribution is 0.431. The molecular weight excluding hydrogens is 452 g/mol. The van der Waals surface area contributed by atoms with Crippen molar-refractivity contribution in [3.05, 3.63) is 74.1 Å². The molecule has 6 rings (SSSR count). The average molecular weight is 478 g/mol. The van der Waals surface area contributed by atoms with E-state index in [-0.39, 0.29) is 57.5 Å². The number of hydrogen-bond acceptors (Lipinski definition) is 4. The van der Waals surface area contributed by atoms with E-state index >= 15 is 0 Å². The summed E-state index contributed by atoms with van der Waals surface area (Å²) in [5.74, 6) is -1.88. The Bertz CT molecular complexity index is 1640. The largest absolute Gasteiger partial charge is 0.507 e. The van der Waals surface area contributed by atoms with Crippen molar-refractivity contribution in [2.75, 3.05) is 0 Å². The molecule has 180 valence electrons. The van der Waals surface area contributed by atoms with Crippen LogP contribution in [0, 0.1) is 11.6 Å². The summed E-state index contributed by atoms with van der Waals surface area (Å²) in [5.41, 5.74) is 2.07. The lowest BCUT2D eigenvalue weighted by atomic mass is 9.79. The highest BCUT2D eigenvalue weighted by atomic mass is 19.1. The lowest BCUT2D eigenvalue weighted by Gasteiger charge is -2.28. The Kier molecular flexibility index (Phi) is 4.66. The predicted octanol–water partition coefficient (Wildman–Crippen LogP) is 5.70. The maximum Gasteiger partial charge on any atom is 0.258 e. The van der Waals surface area contributed by atoms with Crippen LogP contribution in [0.25, 0.3) is 21.7 Å². The standard InChI is InChI=1S/C28H25F2NO4/c1-12-3-5-14-7-16(29)9-18-23(14)22(12)27(34)20(25(18)32)11-21-26(33)19-10-17(30)8-15-6-4-13(2)31(24(15)19)28(21)35/h7-10,12-13,32-34H,3-6,11H2,1-2H3/t12-,13+/m1/s1. The van der Waals surface area contributed by atoms with E-state index in [1.807, 2.05) is 13.8 Å². The molecule has 0 unspecified atom stereocenters. The molecule has 1 aliphatic heterocycles. The second-order valence-corrected chi connectivity index (χ2v) is 10.0. The van der Waals surface area contributed by atoms with Crippen LogP contribution in [0.5, 0.6) is 17.2 Å². The van der Waals surface area contributed by atoms with Crippen molar-refractivity contribution in [2.24, 2.45) is 0 Å². The number of halogens is 2. The molecule has 0 saturated carbocycles. The molecule has 5 nitrogen and oxygen atoms in total. The summed E-state index contributed by atoms with van der Waals surface area (Å²) in [5, 5.41) is 34.7. The van der Waals surface area contributed by atoms with E-state index in [0.29, 0.717) is 47.7 Å². The summed E-state index contributed by atoms with van der Waals surface area (Å²) in [4.78, 5) is 13.6. The van der Waals surface area contributed by atoms with Crippen molar-refractivity contribution in [3.8, 4) is 17.2 Å². The van der Waals surface area contributed by atoms with Crippen LogP contribution in [0.2, 0.25) is 0 Å². The lowest BCUT2D eigenvalue weighted by Crippen LogP contribution is -2.30. The number of aromatic hydroxyl groups is 3. The van der Waals surface area contributed by atoms with Gasteiger partial charge in [-0.05, 0) is 79.3 Å². The number of rotatable bonds is 2. The fourth-order valence-electron chi connectivity index (χ4n) is 6.16. The topological polar surface area (TPSA) is 82.7 Å². The van der Waals surface area contributed by atoms with Gasteiger partial charge >= 0.3 is 0 Å². The normalized spacial score (nSPS) is 19.0. The van der Waals surface area contributed by atoms with Crippen molar-refractivity contribution in [1.82, 2.24) is 4.57 Å². The number of phenols is 2. The zero-order chi connectivity index (χ0) is 24.8. The van der Waals surface area contributed by atoms with E-state index in [9.17, 15) is 28.9 Å². The van der Waals surface area contributed by atoms with Crippen LogP contribution in [0.4, 0.5) is 8.78 Å². The van der Waals surface area contributed by atoms with Gasteiger partial charge in [0.1, 0.15) is 28.9 Å². The highest BCUT2D eigenvalue weighted by Crippen LogP contribution is 2.49. The molecule has 3 N–H and O–H groups in total. The van der Waals surface area contributed by atoms with E-state index in [1.54, 1.807) is 4.57 Å². The summed E-state index contributed by atoms with van der Waals surface area (Å²) in [6.45, 7) is 3.86. The van der Waals surface area contributed by atoms with Gasteiger partial charge in [0, 0.05) is 34.4 Å². The highest BCUT2D eigenvalue weighted by Gasteiger charge is 2.31. The molecule has 0 amide bonds. The van der Waals surface area contributed by atoms with Gasteiger partial charge in [-0.3, -0.25) is 4.79 Å². The number of pyridine rings is 1. The molecule has 0 bridgehead atoms. The fourth-order valence-corrected chi connectivity index (χ4v) is 6.16. The molecule has 0 saturated heterocycles. The first-order chi connectivity index (χ1) is 16.7. The summed E-state index contributed by atoms with van der Waals surface area (Å²) < 4.78 is 30.4.